The fraction of sp³-hybridized carbons (Fsp3) is 0.333. The molecule has 2 atom stereocenters. The second kappa shape index (κ2) is 6.61. The van der Waals surface area contributed by atoms with Crippen molar-refractivity contribution in [3.8, 4) is 0 Å². The van der Waals surface area contributed by atoms with Gasteiger partial charge in [0.25, 0.3) is 5.91 Å². The van der Waals surface area contributed by atoms with E-state index in [0.29, 0.717) is 17.1 Å². The second-order valence-electron chi connectivity index (χ2n) is 3.96. The minimum Gasteiger partial charge on any atom is -0.389 e. The molecule has 0 fully saturated rings. The number of amides is 1. The van der Waals surface area contributed by atoms with Crippen LogP contribution in [0.25, 0.3) is 0 Å². The molecule has 0 aliphatic heterocycles. The van der Waals surface area contributed by atoms with Crippen molar-refractivity contribution in [2.24, 2.45) is 5.73 Å². The minimum absolute atomic E-state index is 0.0650. The van der Waals surface area contributed by atoms with E-state index in [1.165, 1.54) is 0 Å². The van der Waals surface area contributed by atoms with Crippen LogP contribution < -0.4 is 11.1 Å². The Balaban J connectivity index is 2.62. The van der Waals surface area contributed by atoms with Crippen molar-refractivity contribution in [1.29, 1.82) is 0 Å². The van der Waals surface area contributed by atoms with Crippen LogP contribution in [0.5, 0.6) is 0 Å². The van der Waals surface area contributed by atoms with Crippen molar-refractivity contribution >= 4 is 33.9 Å². The fourth-order valence-corrected chi connectivity index (χ4v) is 1.70. The van der Waals surface area contributed by atoms with Gasteiger partial charge in [-0.3, -0.25) is 9.00 Å². The average Bonchev–Trinajstić information content (AvgIpc) is 2.35. The summed E-state index contributed by atoms with van der Waals surface area (Å²) in [5.74, 6) is -0.193. The Labute approximate surface area is 114 Å². The van der Waals surface area contributed by atoms with Crippen molar-refractivity contribution in [3.05, 3.63) is 35.4 Å². The van der Waals surface area contributed by atoms with Crippen LogP contribution in [0.15, 0.2) is 24.3 Å². The molecule has 0 spiro atoms. The first kappa shape index (κ1) is 14.8. The summed E-state index contributed by atoms with van der Waals surface area (Å²) in [6.07, 6.45) is 1.62. The maximum Gasteiger partial charge on any atom is 0.251 e. The summed E-state index contributed by atoms with van der Waals surface area (Å²) in [6.45, 7) is 2.21. The first-order valence-corrected chi connectivity index (χ1v) is 7.45. The predicted molar refractivity (Wildman–Crippen MR) is 78.2 cm³/mol. The van der Waals surface area contributed by atoms with Crippen molar-refractivity contribution < 1.29 is 9.00 Å². The molecule has 1 aromatic rings. The number of carbonyl (C=O) groups is 1. The average molecular weight is 284 g/mol. The molecule has 1 aromatic carbocycles. The topological polar surface area (TPSA) is 72.2 Å². The molecule has 0 saturated carbocycles. The third-order valence-electron chi connectivity index (χ3n) is 2.55. The third-order valence-corrected chi connectivity index (χ3v) is 4.08. The maximum absolute atomic E-state index is 11.8. The molecule has 0 saturated heterocycles. The predicted octanol–water partition coefficient (Wildman–Crippen LogP) is 0.818. The van der Waals surface area contributed by atoms with Gasteiger partial charge in [0.2, 0.25) is 0 Å². The van der Waals surface area contributed by atoms with E-state index in [1.54, 1.807) is 30.5 Å². The van der Waals surface area contributed by atoms with E-state index >= 15 is 0 Å². The van der Waals surface area contributed by atoms with Gasteiger partial charge in [0.15, 0.2) is 0 Å². The summed E-state index contributed by atoms with van der Waals surface area (Å²) in [6, 6.07) is 6.74. The molecule has 1 amide bonds. The fourth-order valence-electron chi connectivity index (χ4n) is 1.24. The summed E-state index contributed by atoms with van der Waals surface area (Å²) in [7, 11) is -0.941. The molecule has 0 bridgehead atoms. The lowest BCUT2D eigenvalue weighted by atomic mass is 10.1. The zero-order valence-electron chi connectivity index (χ0n) is 10.3. The lowest BCUT2D eigenvalue weighted by Crippen LogP contribution is -2.32. The third kappa shape index (κ3) is 4.19. The van der Waals surface area contributed by atoms with Gasteiger partial charge in [-0.05, 0) is 19.1 Å². The van der Waals surface area contributed by atoms with Crippen LogP contribution >= 0.6 is 12.2 Å². The van der Waals surface area contributed by atoms with Crippen LogP contribution in [0.1, 0.15) is 22.8 Å². The number of carbonyl (C=O) groups excluding carboxylic acids is 1. The highest BCUT2D eigenvalue weighted by Gasteiger charge is 2.10. The standard InChI is InChI=1S/C12H16N2O2S2/c1-8(18(2)16)7-14-12(15)10-5-3-9(4-6-10)11(13)17/h3-6,8H,7H2,1-2H3,(H2,13,17)(H,14,15). The van der Waals surface area contributed by atoms with E-state index in [2.05, 4.69) is 5.32 Å². The SMILES string of the molecule is CC(CNC(=O)c1ccc(C(N)=S)cc1)S(C)=O. The molecule has 1 rings (SSSR count). The Bertz CT molecular complexity index is 471. The Morgan fingerprint density at radius 3 is 2.33 bits per heavy atom. The lowest BCUT2D eigenvalue weighted by Gasteiger charge is -2.10. The van der Waals surface area contributed by atoms with Gasteiger partial charge in [-0.1, -0.05) is 24.4 Å². The Morgan fingerprint density at radius 1 is 1.39 bits per heavy atom. The molecule has 6 heteroatoms. The second-order valence-corrected chi connectivity index (χ2v) is 6.20. The number of hydrogen-bond acceptors (Lipinski definition) is 3. The van der Waals surface area contributed by atoms with Crippen LogP contribution in [0.4, 0.5) is 0 Å². The van der Waals surface area contributed by atoms with E-state index in [0.717, 1.165) is 5.56 Å². The molecule has 2 unspecified atom stereocenters. The van der Waals surface area contributed by atoms with Crippen LogP contribution in [0, 0.1) is 0 Å². The smallest absolute Gasteiger partial charge is 0.251 e. The number of nitrogens with two attached hydrogens (primary N) is 1. The van der Waals surface area contributed by atoms with E-state index in [9.17, 15) is 9.00 Å². The summed E-state index contributed by atoms with van der Waals surface area (Å²) >= 11 is 4.83. The number of hydrogen-bond donors (Lipinski definition) is 2. The van der Waals surface area contributed by atoms with E-state index < -0.39 is 10.8 Å². The summed E-state index contributed by atoms with van der Waals surface area (Å²) in [4.78, 5) is 12.1. The van der Waals surface area contributed by atoms with Gasteiger partial charge in [0.05, 0.1) is 0 Å². The molecule has 3 N–H and O–H groups in total. The Hall–Kier alpha value is -1.27. The summed E-state index contributed by atoms with van der Waals surface area (Å²) in [5, 5.41) is 2.67. The number of rotatable bonds is 5. The Morgan fingerprint density at radius 2 is 1.89 bits per heavy atom. The van der Waals surface area contributed by atoms with E-state index in [-0.39, 0.29) is 11.2 Å². The quantitative estimate of drug-likeness (QED) is 0.785. The Kier molecular flexibility index (Phi) is 5.43. The zero-order valence-corrected chi connectivity index (χ0v) is 11.9. The van der Waals surface area contributed by atoms with Gasteiger partial charge < -0.3 is 11.1 Å². The van der Waals surface area contributed by atoms with Gasteiger partial charge in [-0.15, -0.1) is 0 Å². The molecule has 0 aromatic heterocycles. The first-order valence-electron chi connectivity index (χ1n) is 5.42. The van der Waals surface area contributed by atoms with Gasteiger partial charge >= 0.3 is 0 Å². The van der Waals surface area contributed by atoms with Gasteiger partial charge in [0.1, 0.15) is 4.99 Å². The lowest BCUT2D eigenvalue weighted by molar-refractivity contribution is 0.0954. The molecule has 0 heterocycles. The van der Waals surface area contributed by atoms with E-state index in [1.807, 2.05) is 6.92 Å². The van der Waals surface area contributed by atoms with Crippen LogP contribution in [-0.4, -0.2) is 33.2 Å². The van der Waals surface area contributed by atoms with E-state index in [4.69, 9.17) is 18.0 Å². The van der Waals surface area contributed by atoms with Crippen LogP contribution in [0.3, 0.4) is 0 Å². The monoisotopic (exact) mass is 284 g/mol. The molecule has 18 heavy (non-hydrogen) atoms. The highest BCUT2D eigenvalue weighted by molar-refractivity contribution is 7.84. The van der Waals surface area contributed by atoms with Gasteiger partial charge in [-0.2, -0.15) is 0 Å². The molecule has 0 aliphatic carbocycles. The minimum atomic E-state index is -0.941. The molecule has 98 valence electrons. The summed E-state index contributed by atoms with van der Waals surface area (Å²) in [5.41, 5.74) is 6.73. The van der Waals surface area contributed by atoms with Crippen molar-refractivity contribution in [1.82, 2.24) is 5.32 Å². The number of nitrogens with one attached hydrogen (secondary N) is 1. The van der Waals surface area contributed by atoms with Crippen LogP contribution in [-0.2, 0) is 10.8 Å². The van der Waals surface area contributed by atoms with Crippen molar-refractivity contribution in [2.45, 2.75) is 12.2 Å². The summed E-state index contributed by atoms with van der Waals surface area (Å²) < 4.78 is 11.1. The number of benzene rings is 1. The normalized spacial score (nSPS) is 13.7. The maximum atomic E-state index is 11.8. The molecule has 0 aliphatic rings. The molecule has 4 nitrogen and oxygen atoms in total. The molecular formula is C12H16N2O2S2. The molecule has 0 radical (unpaired) electrons. The van der Waals surface area contributed by atoms with Gasteiger partial charge in [-0.25, -0.2) is 0 Å². The first-order chi connectivity index (χ1) is 8.41. The molecular weight excluding hydrogens is 268 g/mol. The zero-order chi connectivity index (χ0) is 13.7. The highest BCUT2D eigenvalue weighted by atomic mass is 32.2. The van der Waals surface area contributed by atoms with Crippen molar-refractivity contribution in [2.75, 3.05) is 12.8 Å². The van der Waals surface area contributed by atoms with Crippen molar-refractivity contribution in [3.63, 3.8) is 0 Å². The van der Waals surface area contributed by atoms with Gasteiger partial charge in [0, 0.05) is 40.0 Å². The highest BCUT2D eigenvalue weighted by Crippen LogP contribution is 2.04. The van der Waals surface area contributed by atoms with Crippen LogP contribution in [0.2, 0.25) is 0 Å². The largest absolute Gasteiger partial charge is 0.389 e. The number of thiocarbonyl (C=S) groups is 1.